The van der Waals surface area contributed by atoms with E-state index in [1.54, 1.807) is 10.8 Å². The van der Waals surface area contributed by atoms with Crippen molar-refractivity contribution in [3.05, 3.63) is 30.2 Å². The minimum atomic E-state index is -4.74. The second kappa shape index (κ2) is 8.27. The van der Waals surface area contributed by atoms with Crippen LogP contribution >= 0.6 is 0 Å². The maximum absolute atomic E-state index is 12.8. The number of hydrogen-bond donors (Lipinski definition) is 1. The number of methoxy groups -OCH3 is 1. The molecular formula is C20H19F3N6O3S. The van der Waals surface area contributed by atoms with Gasteiger partial charge >= 0.3 is 6.18 Å². The fourth-order valence-electron chi connectivity index (χ4n) is 3.56. The topological polar surface area (TPSA) is 123 Å². The Morgan fingerprint density at radius 2 is 1.91 bits per heavy atom. The van der Waals surface area contributed by atoms with Crippen LogP contribution in [-0.2, 0) is 10.0 Å². The minimum absolute atomic E-state index is 0.0619. The van der Waals surface area contributed by atoms with Crippen molar-refractivity contribution >= 4 is 21.1 Å². The van der Waals surface area contributed by atoms with Crippen molar-refractivity contribution in [1.82, 2.24) is 24.2 Å². The van der Waals surface area contributed by atoms with Crippen LogP contribution in [0.15, 0.2) is 29.6 Å². The first-order chi connectivity index (χ1) is 15.6. The number of nitriles is 1. The van der Waals surface area contributed by atoms with Gasteiger partial charge in [0, 0.05) is 11.4 Å². The molecule has 1 atom stereocenters. The number of alkyl halides is 3. The fraction of sp³-hybridized carbons (Fsp3) is 0.400. The van der Waals surface area contributed by atoms with Crippen LogP contribution < -0.4 is 9.46 Å². The average molecular weight is 480 g/mol. The Morgan fingerprint density at radius 1 is 1.24 bits per heavy atom. The summed E-state index contributed by atoms with van der Waals surface area (Å²) >= 11 is 0. The molecule has 13 heteroatoms. The normalized spacial score (nSPS) is 15.8. The first kappa shape index (κ1) is 22.9. The quantitative estimate of drug-likeness (QED) is 0.574. The average Bonchev–Trinajstić information content (AvgIpc) is 3.04. The second-order valence-electron chi connectivity index (χ2n) is 7.66. The summed E-state index contributed by atoms with van der Waals surface area (Å²) in [5.74, 6) is 0.529. The Bertz CT molecular complexity index is 1340. The third-order valence-electron chi connectivity index (χ3n) is 5.58. The van der Waals surface area contributed by atoms with Crippen LogP contribution in [0.4, 0.5) is 13.2 Å². The molecule has 0 aromatic carbocycles. The molecule has 1 N–H and O–H groups in total. The van der Waals surface area contributed by atoms with Gasteiger partial charge in [0.2, 0.25) is 10.0 Å². The first-order valence-electron chi connectivity index (χ1n) is 9.96. The van der Waals surface area contributed by atoms with Crippen molar-refractivity contribution < 1.29 is 26.3 Å². The van der Waals surface area contributed by atoms with E-state index in [9.17, 15) is 26.9 Å². The molecule has 0 bridgehead atoms. The number of sulfonamides is 1. The summed E-state index contributed by atoms with van der Waals surface area (Å²) in [7, 11) is -3.03. The summed E-state index contributed by atoms with van der Waals surface area (Å²) < 4.78 is 71.6. The largest absolute Gasteiger partial charge is 0.495 e. The molecule has 0 radical (unpaired) electrons. The number of fused-ring (bicyclic) bond motifs is 1. The standard InChI is InChI=1S/C20H19F3N6O3S/c1-11(20(21,22)23)28-33(30,31)14-9-25-18(26-10-14)17-16(7-24)15-6-13(32-2)8-27-19(15)29(17)12-4-3-5-12/h6,8-12,28H,3-5H2,1-2H3/t11-/m0/s1. The van der Waals surface area contributed by atoms with Crippen LogP contribution in [-0.4, -0.2) is 47.3 Å². The van der Waals surface area contributed by atoms with Crippen LogP contribution in [0.25, 0.3) is 22.6 Å². The molecule has 174 valence electrons. The maximum Gasteiger partial charge on any atom is 0.404 e. The third-order valence-corrected chi connectivity index (χ3v) is 7.07. The monoisotopic (exact) mass is 480 g/mol. The van der Waals surface area contributed by atoms with Gasteiger partial charge in [-0.2, -0.15) is 23.2 Å². The van der Waals surface area contributed by atoms with E-state index >= 15 is 0 Å². The number of nitrogens with zero attached hydrogens (tertiary/aromatic N) is 5. The SMILES string of the molecule is COc1cnc2c(c1)c(C#N)c(-c1ncc(S(=O)(=O)N[C@@H](C)C(F)(F)F)cn1)n2C1CCC1. The molecule has 33 heavy (non-hydrogen) atoms. The van der Waals surface area contributed by atoms with E-state index in [0.29, 0.717) is 29.4 Å². The molecule has 0 spiro atoms. The van der Waals surface area contributed by atoms with Crippen LogP contribution in [0.3, 0.4) is 0 Å². The number of aromatic nitrogens is 4. The lowest BCUT2D eigenvalue weighted by Crippen LogP contribution is -2.43. The zero-order valence-electron chi connectivity index (χ0n) is 17.6. The van der Waals surface area contributed by atoms with E-state index in [4.69, 9.17) is 4.74 Å². The van der Waals surface area contributed by atoms with Gasteiger partial charge in [-0.15, -0.1) is 0 Å². The molecule has 3 aromatic heterocycles. The van der Waals surface area contributed by atoms with Gasteiger partial charge in [0.15, 0.2) is 5.82 Å². The van der Waals surface area contributed by atoms with Gasteiger partial charge in [-0.1, -0.05) is 0 Å². The fourth-order valence-corrected chi connectivity index (χ4v) is 4.68. The van der Waals surface area contributed by atoms with E-state index in [1.165, 1.54) is 13.3 Å². The molecule has 1 aliphatic carbocycles. The lowest BCUT2D eigenvalue weighted by molar-refractivity contribution is -0.147. The van der Waals surface area contributed by atoms with Crippen molar-refractivity contribution in [3.8, 4) is 23.3 Å². The molecule has 0 saturated heterocycles. The highest BCUT2D eigenvalue weighted by molar-refractivity contribution is 7.89. The number of ether oxygens (including phenoxy) is 1. The predicted octanol–water partition coefficient (Wildman–Crippen LogP) is 3.33. The van der Waals surface area contributed by atoms with Gasteiger partial charge in [0.1, 0.15) is 34.1 Å². The summed E-state index contributed by atoms with van der Waals surface area (Å²) in [4.78, 5) is 12.1. The molecular weight excluding hydrogens is 461 g/mol. The van der Waals surface area contributed by atoms with Crippen molar-refractivity contribution in [1.29, 1.82) is 5.26 Å². The Labute approximate surface area is 187 Å². The van der Waals surface area contributed by atoms with Gasteiger partial charge in [0.25, 0.3) is 0 Å². The van der Waals surface area contributed by atoms with Gasteiger partial charge in [0.05, 0.1) is 31.3 Å². The Kier molecular flexibility index (Phi) is 5.75. The Balaban J connectivity index is 1.80. The first-order valence-corrected chi connectivity index (χ1v) is 11.4. The summed E-state index contributed by atoms with van der Waals surface area (Å²) in [6, 6.07) is 1.61. The van der Waals surface area contributed by atoms with Crippen molar-refractivity contribution in [2.45, 2.75) is 49.3 Å². The summed E-state index contributed by atoms with van der Waals surface area (Å²) in [5.41, 5.74) is 1.18. The molecule has 3 heterocycles. The second-order valence-corrected chi connectivity index (χ2v) is 9.38. The predicted molar refractivity (Wildman–Crippen MR) is 111 cm³/mol. The molecule has 0 aliphatic heterocycles. The van der Waals surface area contributed by atoms with Crippen LogP contribution in [0.5, 0.6) is 5.75 Å². The van der Waals surface area contributed by atoms with Crippen molar-refractivity contribution in [3.63, 3.8) is 0 Å². The van der Waals surface area contributed by atoms with E-state index in [2.05, 4.69) is 21.0 Å². The zero-order chi connectivity index (χ0) is 24.0. The minimum Gasteiger partial charge on any atom is -0.495 e. The van der Waals surface area contributed by atoms with Gasteiger partial charge in [-0.25, -0.2) is 23.4 Å². The van der Waals surface area contributed by atoms with Gasteiger partial charge < -0.3 is 9.30 Å². The number of rotatable bonds is 6. The van der Waals surface area contributed by atoms with Crippen LogP contribution in [0.2, 0.25) is 0 Å². The van der Waals surface area contributed by atoms with Crippen molar-refractivity contribution in [2.75, 3.05) is 7.11 Å². The number of pyridine rings is 1. The molecule has 1 saturated carbocycles. The van der Waals surface area contributed by atoms with E-state index in [-0.39, 0.29) is 17.4 Å². The molecule has 1 aliphatic rings. The molecule has 0 unspecified atom stereocenters. The third kappa shape index (κ3) is 4.11. The van der Waals surface area contributed by atoms with E-state index in [1.807, 2.05) is 4.57 Å². The smallest absolute Gasteiger partial charge is 0.404 e. The highest BCUT2D eigenvalue weighted by Gasteiger charge is 2.39. The molecule has 4 rings (SSSR count). The van der Waals surface area contributed by atoms with Gasteiger partial charge in [-0.3, -0.25) is 0 Å². The molecule has 1 fully saturated rings. The van der Waals surface area contributed by atoms with Crippen LogP contribution in [0.1, 0.15) is 37.8 Å². The number of nitrogens with one attached hydrogen (secondary N) is 1. The Morgan fingerprint density at radius 3 is 2.42 bits per heavy atom. The molecule has 0 amide bonds. The number of halogens is 3. The van der Waals surface area contributed by atoms with E-state index < -0.39 is 27.1 Å². The summed E-state index contributed by atoms with van der Waals surface area (Å²) in [6.45, 7) is 0.699. The Hall–Kier alpha value is -3.24. The highest BCUT2D eigenvalue weighted by Crippen LogP contribution is 2.41. The number of hydrogen-bond acceptors (Lipinski definition) is 7. The lowest BCUT2D eigenvalue weighted by Gasteiger charge is -2.29. The highest BCUT2D eigenvalue weighted by atomic mass is 32.2. The molecule has 9 nitrogen and oxygen atoms in total. The van der Waals surface area contributed by atoms with Gasteiger partial charge in [-0.05, 0) is 32.3 Å². The summed E-state index contributed by atoms with van der Waals surface area (Å²) in [6.07, 6.45) is 1.36. The van der Waals surface area contributed by atoms with Crippen LogP contribution in [0, 0.1) is 11.3 Å². The lowest BCUT2D eigenvalue weighted by atomic mass is 9.92. The van der Waals surface area contributed by atoms with Crippen molar-refractivity contribution in [2.24, 2.45) is 0 Å². The van der Waals surface area contributed by atoms with E-state index in [0.717, 1.165) is 31.7 Å². The molecule has 3 aromatic rings. The zero-order valence-corrected chi connectivity index (χ0v) is 18.4. The summed E-state index contributed by atoms with van der Waals surface area (Å²) in [5, 5.41) is 10.4. The maximum atomic E-state index is 12.8.